The molecule has 1 fully saturated rings. The van der Waals surface area contributed by atoms with Crippen LogP contribution < -0.4 is 60.5 Å². The van der Waals surface area contributed by atoms with Crippen molar-refractivity contribution in [3.05, 3.63) is 171 Å². The molecule has 6 aromatic carbocycles. The van der Waals surface area contributed by atoms with E-state index in [1.54, 1.807) is 88.4 Å². The van der Waals surface area contributed by atoms with E-state index >= 15 is 0 Å². The third-order valence-corrected chi connectivity index (χ3v) is 16.4. The first-order valence-electron chi connectivity index (χ1n) is 33.9. The smallest absolute Gasteiger partial charge is 0.251 e. The number of aryl methyl sites for hydroxylation is 1. The van der Waals surface area contributed by atoms with Gasteiger partial charge in [-0.05, 0) is 98.1 Å². The molecular formula is C74H87N19O7. The second-order valence-corrected chi connectivity index (χ2v) is 23.4. The summed E-state index contributed by atoms with van der Waals surface area (Å²) in [5, 5.41) is 21.6. The van der Waals surface area contributed by atoms with Crippen molar-refractivity contribution in [3.63, 3.8) is 0 Å². The average Bonchev–Trinajstić information content (AvgIpc) is 1.59. The molecule has 0 saturated carbocycles. The van der Waals surface area contributed by atoms with Crippen molar-refractivity contribution in [3.8, 4) is 62.5 Å². The lowest BCUT2D eigenvalue weighted by Crippen LogP contribution is -2.32. The highest BCUT2D eigenvalue weighted by Crippen LogP contribution is 2.39. The lowest BCUT2D eigenvalue weighted by Gasteiger charge is -2.27. The molecule has 0 spiro atoms. The van der Waals surface area contributed by atoms with Gasteiger partial charge in [0.1, 0.15) is 35.0 Å². The molecule has 26 nitrogen and oxygen atoms in total. The predicted octanol–water partition coefficient (Wildman–Crippen LogP) is 11.6. The van der Waals surface area contributed by atoms with E-state index in [0.717, 1.165) is 133 Å². The molecule has 0 bridgehead atoms. The Morgan fingerprint density at radius 1 is 0.610 bits per heavy atom. The van der Waals surface area contributed by atoms with Gasteiger partial charge in [-0.1, -0.05) is 21.3 Å². The van der Waals surface area contributed by atoms with Gasteiger partial charge in [-0.15, -0.1) is 0 Å². The fourth-order valence-corrected chi connectivity index (χ4v) is 11.4. The van der Waals surface area contributed by atoms with Crippen LogP contribution in [0.3, 0.4) is 0 Å². The Morgan fingerprint density at radius 3 is 1.70 bits per heavy atom. The average molecular weight is 1360 g/mol. The molecule has 7 N–H and O–H groups in total. The van der Waals surface area contributed by atoms with Crippen molar-refractivity contribution in [2.45, 2.75) is 52.8 Å². The maximum absolute atomic E-state index is 12.3. The number of carbonyl (C=O) groups is 1. The Hall–Kier alpha value is -11.3. The summed E-state index contributed by atoms with van der Waals surface area (Å²) in [5.74, 6) is 2.56. The van der Waals surface area contributed by atoms with Gasteiger partial charge in [0.25, 0.3) is 5.91 Å². The Balaban J connectivity index is 0.000000165. The number of H-pyrrole nitrogens is 1. The molecule has 520 valence electrons. The van der Waals surface area contributed by atoms with Crippen molar-refractivity contribution in [1.82, 2.24) is 70.3 Å². The maximum Gasteiger partial charge on any atom is 0.251 e. The fourth-order valence-electron chi connectivity index (χ4n) is 11.4. The quantitative estimate of drug-likeness (QED) is 0.0375. The topological polar surface area (TPSA) is 300 Å². The van der Waals surface area contributed by atoms with Crippen molar-refractivity contribution >= 4 is 73.1 Å². The van der Waals surface area contributed by atoms with Crippen molar-refractivity contribution in [2.24, 2.45) is 18.5 Å². The van der Waals surface area contributed by atoms with Crippen LogP contribution in [0.2, 0.25) is 0 Å². The number of aromatic nitrogens is 12. The minimum absolute atomic E-state index is 0. The number of nitrogens with zero attached hydrogens (tertiary/aromatic N) is 14. The summed E-state index contributed by atoms with van der Waals surface area (Å²) in [4.78, 5) is 46.7. The van der Waals surface area contributed by atoms with Gasteiger partial charge >= 0.3 is 0 Å². The highest BCUT2D eigenvalue weighted by atomic mass is 16.5. The number of ether oxygens (including phenoxy) is 6. The molecule has 13 rings (SSSR count). The van der Waals surface area contributed by atoms with E-state index in [0.29, 0.717) is 68.1 Å². The number of carbonyl (C=O) groups excluding carboxylic acids is 1. The van der Waals surface area contributed by atoms with Gasteiger partial charge in [0.15, 0.2) is 0 Å². The molecule has 0 radical (unpaired) electrons. The Morgan fingerprint density at radius 2 is 1.17 bits per heavy atom. The van der Waals surface area contributed by atoms with E-state index in [2.05, 4.69) is 69.6 Å². The van der Waals surface area contributed by atoms with Gasteiger partial charge in [0.05, 0.1) is 133 Å². The number of rotatable bonds is 24. The lowest BCUT2D eigenvalue weighted by atomic mass is 10.1. The minimum atomic E-state index is -2.57. The number of hydrogen-bond donors (Lipinski definition) is 5. The Labute approximate surface area is 585 Å². The normalized spacial score (nSPS) is 13.2. The molecular weight excluding hydrogens is 1270 g/mol. The van der Waals surface area contributed by atoms with Crippen molar-refractivity contribution in [2.75, 3.05) is 103 Å². The van der Waals surface area contributed by atoms with Crippen LogP contribution in [0.25, 0.3) is 66.9 Å². The molecule has 12 aromatic rings. The Bertz CT molecular complexity index is 4800. The summed E-state index contributed by atoms with van der Waals surface area (Å²) in [6.07, 6.45) is 19.4. The monoisotopic (exact) mass is 1360 g/mol. The third-order valence-electron chi connectivity index (χ3n) is 16.4. The number of amides is 1. The van der Waals surface area contributed by atoms with E-state index in [1.165, 1.54) is 7.11 Å². The molecule has 1 unspecified atom stereocenters. The zero-order valence-electron chi connectivity index (χ0n) is 59.6. The first-order chi connectivity index (χ1) is 49.4. The van der Waals surface area contributed by atoms with E-state index < -0.39 is 7.04 Å². The first kappa shape index (κ1) is 67.3. The molecule has 6 aromatic heterocycles. The zero-order valence-corrected chi connectivity index (χ0v) is 56.6. The zero-order chi connectivity index (χ0) is 71.9. The largest absolute Gasteiger partial charge is 0.497 e. The summed E-state index contributed by atoms with van der Waals surface area (Å²) in [6, 6.07) is 34.3. The summed E-state index contributed by atoms with van der Waals surface area (Å²) >= 11 is 0. The number of aromatic amines is 1. The Kier molecular flexibility index (Phi) is 22.7. The molecule has 100 heavy (non-hydrogen) atoms. The van der Waals surface area contributed by atoms with E-state index in [-0.39, 0.29) is 25.3 Å². The van der Waals surface area contributed by atoms with Crippen LogP contribution in [-0.2, 0) is 11.8 Å². The number of methoxy groups -OCH3 is 5. The molecule has 1 aliphatic rings. The molecule has 1 amide bonds. The fraction of sp³-hybridized carbons (Fsp3) is 0.297. The van der Waals surface area contributed by atoms with Gasteiger partial charge in [0.2, 0.25) is 0 Å². The van der Waals surface area contributed by atoms with E-state index in [1.807, 2.05) is 126 Å². The summed E-state index contributed by atoms with van der Waals surface area (Å²) < 4.78 is 59.1. The number of benzene rings is 6. The first-order valence-corrected chi connectivity index (χ1v) is 32.4. The summed E-state index contributed by atoms with van der Waals surface area (Å²) in [7, 11) is 7.30. The standard InChI is InChI=1S/C26H30N6O3.C24H28N6O2.C23H25N7O2.CH4/c1-33-20-7-9-25(34-2)24(14-20)31(11-10-27)19-6-8-21-22(13-19)30-23(16-28-21)18-15-29-32(17-18)26-5-3-4-12-35-26;1-16(2)25-7-8-30(19-9-20(31-3)12-21(10-19)32-4)18-5-6-22-23(11-18)29-24(15-26-22)17-13-27-28-14-17;1-25-23(31)15-8-18(10-19(9-15)32-3)30(7-6-24)17-4-5-20-21(11-17)28-22(13-26-20)16-12-27-29(2)14-16;/h6-9,13-17,26H,3-5,10-12,27H2,1-2H3;5-6,9-16,25H,7-8H2,1-4H3,(H,27,28);4-5,8-14H,6-7,24H2,1-3H3,(H,25,31);1H4/i;3D3;;. The van der Waals surface area contributed by atoms with E-state index in [9.17, 15) is 4.79 Å². The van der Waals surface area contributed by atoms with Crippen LogP contribution >= 0.6 is 0 Å². The predicted molar refractivity (Wildman–Crippen MR) is 393 cm³/mol. The van der Waals surface area contributed by atoms with Gasteiger partial charge in [0, 0.05) is 166 Å². The van der Waals surface area contributed by atoms with E-state index in [4.69, 9.17) is 59.0 Å². The number of hydrogen-bond acceptors (Lipinski definition) is 22. The van der Waals surface area contributed by atoms with Crippen LogP contribution in [0.4, 0.5) is 34.1 Å². The number of nitrogens with two attached hydrogens (primary N) is 2. The van der Waals surface area contributed by atoms with Crippen LogP contribution in [0.1, 0.15) is 61.2 Å². The maximum atomic E-state index is 12.3. The molecule has 1 aliphatic heterocycles. The van der Waals surface area contributed by atoms with Gasteiger partial charge in [-0.2, -0.15) is 15.3 Å². The van der Waals surface area contributed by atoms with Gasteiger partial charge < -0.3 is 65.2 Å². The van der Waals surface area contributed by atoms with Gasteiger partial charge in [-0.3, -0.25) is 29.5 Å². The van der Waals surface area contributed by atoms with Crippen LogP contribution in [0.5, 0.6) is 28.7 Å². The lowest BCUT2D eigenvalue weighted by molar-refractivity contribution is -0.0394. The molecule has 1 saturated heterocycles. The number of fused-ring (bicyclic) bond motifs is 3. The number of anilines is 6. The minimum Gasteiger partial charge on any atom is -0.497 e. The molecule has 0 aliphatic carbocycles. The van der Waals surface area contributed by atoms with Crippen LogP contribution in [0.15, 0.2) is 165 Å². The van der Waals surface area contributed by atoms with Crippen LogP contribution in [-0.4, -0.2) is 160 Å². The number of nitrogens with one attached hydrogen (secondary N) is 3. The summed E-state index contributed by atoms with van der Waals surface area (Å²) in [6.45, 7) is 8.27. The summed E-state index contributed by atoms with van der Waals surface area (Å²) in [5.41, 5.74) is 27.0. The molecule has 7 heterocycles. The second kappa shape index (κ2) is 33.8. The molecule has 26 heteroatoms. The van der Waals surface area contributed by atoms with Crippen molar-refractivity contribution in [1.29, 1.82) is 0 Å². The molecule has 1 atom stereocenters. The highest BCUT2D eigenvalue weighted by Gasteiger charge is 2.22. The second-order valence-electron chi connectivity index (χ2n) is 23.4. The third kappa shape index (κ3) is 17.1. The van der Waals surface area contributed by atoms with Crippen molar-refractivity contribution < 1.29 is 37.3 Å². The van der Waals surface area contributed by atoms with Gasteiger partial charge in [-0.25, -0.2) is 19.6 Å². The van der Waals surface area contributed by atoms with Crippen LogP contribution in [0, 0.1) is 0 Å². The SMILES string of the molecule is C.CNC(=O)c1cc(OC)cc(N(CCN)c2ccc3ncc(-c4cnn(C)c4)nc3c2)c1.COc1ccc(OC)c(N(CCN)c2ccc3ncc(-c4cnn(C5CCCCO5)c4)nc3c2)c1.[2H]C([2H])([2H])Oc1cc(OC)cc(N(CCNC(C)C)c2ccc3ncc(-c4cn[nH]c4)nc3c2)c1. The highest BCUT2D eigenvalue weighted by molar-refractivity contribution is 5.96.